The minimum Gasteiger partial charge on any atom is -0.312 e. The zero-order valence-electron chi connectivity index (χ0n) is 14.1. The van der Waals surface area contributed by atoms with Gasteiger partial charge in [-0.05, 0) is 49.9 Å². The molecular weight excluding hydrogens is 258 g/mol. The van der Waals surface area contributed by atoms with Gasteiger partial charge in [-0.15, -0.1) is 0 Å². The van der Waals surface area contributed by atoms with Crippen LogP contribution in [0.4, 0.5) is 0 Å². The van der Waals surface area contributed by atoms with Gasteiger partial charge in [0, 0.05) is 31.0 Å². The zero-order valence-corrected chi connectivity index (χ0v) is 14.1. The number of hydrogen-bond acceptors (Lipinski definition) is 3. The van der Waals surface area contributed by atoms with Gasteiger partial charge in [0.25, 0.3) is 0 Å². The zero-order chi connectivity index (χ0) is 15.3. The second-order valence-corrected chi connectivity index (χ2v) is 7.16. The Hall–Kier alpha value is -0.930. The fraction of sp³-hybridized carbons (Fsp3) is 0.722. The minimum atomic E-state index is 0.376. The molecule has 0 spiro atoms. The van der Waals surface area contributed by atoms with Crippen molar-refractivity contribution in [2.24, 2.45) is 5.41 Å². The maximum atomic E-state index is 4.24. The van der Waals surface area contributed by atoms with E-state index in [2.05, 4.69) is 49.1 Å². The van der Waals surface area contributed by atoms with E-state index >= 15 is 0 Å². The van der Waals surface area contributed by atoms with Crippen LogP contribution in [0.1, 0.15) is 52.0 Å². The third kappa shape index (κ3) is 4.27. The maximum absolute atomic E-state index is 4.24. The molecule has 21 heavy (non-hydrogen) atoms. The van der Waals surface area contributed by atoms with E-state index in [-0.39, 0.29) is 0 Å². The Morgan fingerprint density at radius 2 is 2.24 bits per heavy atom. The van der Waals surface area contributed by atoms with Gasteiger partial charge in [-0.1, -0.05) is 33.3 Å². The summed E-state index contributed by atoms with van der Waals surface area (Å²) >= 11 is 0. The Balaban J connectivity index is 2.06. The third-order valence-electron chi connectivity index (χ3n) is 4.88. The SMILES string of the molecule is CCCNC1C(N(C)Cc2cccnc2)CCCC1(C)C. The molecule has 2 atom stereocenters. The van der Waals surface area contributed by atoms with Gasteiger partial charge in [0.1, 0.15) is 0 Å². The highest BCUT2D eigenvalue weighted by Crippen LogP contribution is 2.37. The summed E-state index contributed by atoms with van der Waals surface area (Å²) in [6, 6.07) is 5.39. The topological polar surface area (TPSA) is 28.2 Å². The second-order valence-electron chi connectivity index (χ2n) is 7.16. The Morgan fingerprint density at radius 3 is 2.90 bits per heavy atom. The van der Waals surface area contributed by atoms with Crippen LogP contribution < -0.4 is 5.32 Å². The average molecular weight is 289 g/mol. The second kappa shape index (κ2) is 7.37. The average Bonchev–Trinajstić information content (AvgIpc) is 2.46. The first kappa shape index (κ1) is 16.4. The molecule has 1 fully saturated rings. The van der Waals surface area contributed by atoms with Crippen LogP contribution in [0.15, 0.2) is 24.5 Å². The van der Waals surface area contributed by atoms with Crippen molar-refractivity contribution in [2.75, 3.05) is 13.6 Å². The van der Waals surface area contributed by atoms with E-state index in [1.165, 1.54) is 31.2 Å². The largest absolute Gasteiger partial charge is 0.312 e. The minimum absolute atomic E-state index is 0.376. The Labute approximate surface area is 130 Å². The van der Waals surface area contributed by atoms with Gasteiger partial charge in [-0.3, -0.25) is 9.88 Å². The molecule has 0 amide bonds. The van der Waals surface area contributed by atoms with Gasteiger partial charge < -0.3 is 5.32 Å². The van der Waals surface area contributed by atoms with Crippen LogP contribution in [0, 0.1) is 5.41 Å². The lowest BCUT2D eigenvalue weighted by Gasteiger charge is -2.48. The molecule has 3 heteroatoms. The van der Waals surface area contributed by atoms with Crippen LogP contribution in [0.3, 0.4) is 0 Å². The summed E-state index contributed by atoms with van der Waals surface area (Å²) in [4.78, 5) is 6.76. The van der Waals surface area contributed by atoms with E-state index in [9.17, 15) is 0 Å². The molecule has 2 unspecified atom stereocenters. The van der Waals surface area contributed by atoms with Crippen LogP contribution in [0.25, 0.3) is 0 Å². The predicted octanol–water partition coefficient (Wildman–Crippen LogP) is 3.46. The molecule has 0 saturated heterocycles. The lowest BCUT2D eigenvalue weighted by molar-refractivity contribution is 0.0589. The Kier molecular flexibility index (Phi) is 5.77. The highest BCUT2D eigenvalue weighted by molar-refractivity contribution is 5.09. The van der Waals surface area contributed by atoms with Crippen molar-refractivity contribution >= 4 is 0 Å². The lowest BCUT2D eigenvalue weighted by Crippen LogP contribution is -2.58. The predicted molar refractivity (Wildman–Crippen MR) is 89.2 cm³/mol. The summed E-state index contributed by atoms with van der Waals surface area (Å²) in [5.74, 6) is 0. The fourth-order valence-corrected chi connectivity index (χ4v) is 3.69. The van der Waals surface area contributed by atoms with Crippen molar-refractivity contribution in [3.63, 3.8) is 0 Å². The van der Waals surface area contributed by atoms with E-state index < -0.39 is 0 Å². The molecule has 1 aliphatic rings. The van der Waals surface area contributed by atoms with Crippen LogP contribution >= 0.6 is 0 Å². The highest BCUT2D eigenvalue weighted by atomic mass is 15.2. The van der Waals surface area contributed by atoms with Gasteiger partial charge in [-0.2, -0.15) is 0 Å². The van der Waals surface area contributed by atoms with Crippen molar-refractivity contribution in [1.29, 1.82) is 0 Å². The monoisotopic (exact) mass is 289 g/mol. The van der Waals surface area contributed by atoms with Crippen molar-refractivity contribution < 1.29 is 0 Å². The summed E-state index contributed by atoms with van der Waals surface area (Å²) in [5, 5.41) is 3.82. The Bertz CT molecular complexity index is 416. The maximum Gasteiger partial charge on any atom is 0.0312 e. The van der Waals surface area contributed by atoms with E-state index in [1.54, 1.807) is 0 Å². The molecule has 1 heterocycles. The highest BCUT2D eigenvalue weighted by Gasteiger charge is 2.40. The normalized spacial score (nSPS) is 25.2. The van der Waals surface area contributed by atoms with Gasteiger partial charge in [-0.25, -0.2) is 0 Å². The van der Waals surface area contributed by atoms with Crippen molar-refractivity contribution in [3.05, 3.63) is 30.1 Å². The number of aromatic nitrogens is 1. The van der Waals surface area contributed by atoms with Crippen molar-refractivity contribution in [3.8, 4) is 0 Å². The van der Waals surface area contributed by atoms with E-state index in [0.717, 1.165) is 13.1 Å². The first-order chi connectivity index (χ1) is 10.0. The molecule has 0 bridgehead atoms. The lowest BCUT2D eigenvalue weighted by atomic mass is 9.70. The summed E-state index contributed by atoms with van der Waals surface area (Å²) in [6.07, 6.45) is 8.98. The summed E-state index contributed by atoms with van der Waals surface area (Å²) in [5.41, 5.74) is 1.68. The fourth-order valence-electron chi connectivity index (χ4n) is 3.69. The first-order valence-corrected chi connectivity index (χ1v) is 8.37. The molecule has 0 aromatic carbocycles. The van der Waals surface area contributed by atoms with Crippen molar-refractivity contribution in [2.45, 2.75) is 65.1 Å². The standard InChI is InChI=1S/C18H31N3/c1-5-11-20-17-16(9-6-10-18(17,2)3)21(4)14-15-8-7-12-19-13-15/h7-8,12-13,16-17,20H,5-6,9-11,14H2,1-4H3. The first-order valence-electron chi connectivity index (χ1n) is 8.37. The molecule has 1 N–H and O–H groups in total. The smallest absolute Gasteiger partial charge is 0.0312 e. The van der Waals surface area contributed by atoms with E-state index in [0.29, 0.717) is 17.5 Å². The van der Waals surface area contributed by atoms with Crippen LogP contribution in [-0.4, -0.2) is 35.6 Å². The molecule has 118 valence electrons. The number of rotatable bonds is 6. The van der Waals surface area contributed by atoms with Crippen molar-refractivity contribution in [1.82, 2.24) is 15.2 Å². The molecule has 0 aliphatic heterocycles. The molecule has 2 rings (SSSR count). The molecule has 1 aliphatic carbocycles. The molecule has 1 saturated carbocycles. The number of hydrogen-bond donors (Lipinski definition) is 1. The Morgan fingerprint density at radius 1 is 1.43 bits per heavy atom. The molecule has 3 nitrogen and oxygen atoms in total. The van der Waals surface area contributed by atoms with Gasteiger partial charge >= 0.3 is 0 Å². The van der Waals surface area contributed by atoms with Crippen LogP contribution in [0.5, 0.6) is 0 Å². The van der Waals surface area contributed by atoms with Gasteiger partial charge in [0.2, 0.25) is 0 Å². The number of pyridine rings is 1. The van der Waals surface area contributed by atoms with Crippen LogP contribution in [-0.2, 0) is 6.54 Å². The third-order valence-corrected chi connectivity index (χ3v) is 4.88. The van der Waals surface area contributed by atoms with E-state index in [1.807, 2.05) is 18.5 Å². The summed E-state index contributed by atoms with van der Waals surface area (Å²) in [6.45, 7) is 9.19. The number of likely N-dealkylation sites (N-methyl/N-ethyl adjacent to an activating group) is 1. The number of nitrogens with zero attached hydrogens (tertiary/aromatic N) is 2. The summed E-state index contributed by atoms with van der Waals surface area (Å²) < 4.78 is 0. The summed E-state index contributed by atoms with van der Waals surface area (Å²) in [7, 11) is 2.26. The quantitative estimate of drug-likeness (QED) is 0.869. The van der Waals surface area contributed by atoms with Crippen LogP contribution in [0.2, 0.25) is 0 Å². The number of nitrogens with one attached hydrogen (secondary N) is 1. The van der Waals surface area contributed by atoms with Gasteiger partial charge in [0.05, 0.1) is 0 Å². The molecular formula is C18H31N3. The molecule has 1 aromatic rings. The van der Waals surface area contributed by atoms with Gasteiger partial charge in [0.15, 0.2) is 0 Å². The molecule has 0 radical (unpaired) electrons. The van der Waals surface area contributed by atoms with E-state index in [4.69, 9.17) is 0 Å². The molecule has 1 aromatic heterocycles.